The number of hydrogen-bond acceptors (Lipinski definition) is 3. The molecule has 1 N–H and O–H groups in total. The van der Waals surface area contributed by atoms with Crippen LogP contribution in [-0.4, -0.2) is 11.5 Å². The fourth-order valence-electron chi connectivity index (χ4n) is 1.78. The van der Waals surface area contributed by atoms with Crippen LogP contribution in [0.2, 0.25) is 10.0 Å². The Morgan fingerprint density at radius 1 is 1.20 bits per heavy atom. The normalized spacial score (nSPS) is 12.0. The lowest BCUT2D eigenvalue weighted by molar-refractivity contribution is 0.218. The zero-order valence-corrected chi connectivity index (χ0v) is 12.9. The van der Waals surface area contributed by atoms with Gasteiger partial charge >= 0.3 is 0 Å². The number of nitrogens with zero attached hydrogens (tertiary/aromatic N) is 1. The first-order valence-electron chi connectivity index (χ1n) is 6.43. The van der Waals surface area contributed by atoms with Crippen LogP contribution in [-0.2, 0) is 0 Å². The van der Waals surface area contributed by atoms with Gasteiger partial charge in [0.25, 0.3) is 0 Å². The molecule has 2 aromatic rings. The number of anilines is 1. The van der Waals surface area contributed by atoms with Crippen molar-refractivity contribution in [3.05, 3.63) is 52.0 Å². The van der Waals surface area contributed by atoms with Gasteiger partial charge in [-0.25, -0.2) is 0 Å². The van der Waals surface area contributed by atoms with Crippen LogP contribution in [0.5, 0.6) is 5.88 Å². The number of halogens is 2. The van der Waals surface area contributed by atoms with Gasteiger partial charge in [-0.15, -0.1) is 0 Å². The van der Waals surface area contributed by atoms with Crippen molar-refractivity contribution in [3.8, 4) is 5.88 Å². The molecule has 0 aliphatic rings. The van der Waals surface area contributed by atoms with Gasteiger partial charge in [-0.1, -0.05) is 53.5 Å². The Bertz CT molecular complexity index is 576. The van der Waals surface area contributed by atoms with Crippen LogP contribution in [0, 0.1) is 0 Å². The lowest BCUT2D eigenvalue weighted by Gasteiger charge is -2.16. The molecule has 1 unspecified atom stereocenters. The van der Waals surface area contributed by atoms with Crippen molar-refractivity contribution in [1.29, 1.82) is 0 Å². The van der Waals surface area contributed by atoms with Gasteiger partial charge in [0, 0.05) is 6.54 Å². The maximum absolute atomic E-state index is 6.13. The number of benzene rings is 1. The van der Waals surface area contributed by atoms with Crippen molar-refractivity contribution in [2.24, 2.45) is 0 Å². The first kappa shape index (κ1) is 14.9. The minimum atomic E-state index is -0.142. The Balaban J connectivity index is 2.22. The van der Waals surface area contributed by atoms with Gasteiger partial charge in [-0.05, 0) is 25.5 Å². The zero-order chi connectivity index (χ0) is 14.5. The van der Waals surface area contributed by atoms with Crippen molar-refractivity contribution in [1.82, 2.24) is 4.98 Å². The molecular formula is C15H16Cl2N2O. The molecule has 106 valence electrons. The zero-order valence-electron chi connectivity index (χ0n) is 11.4. The quantitative estimate of drug-likeness (QED) is 0.847. The summed E-state index contributed by atoms with van der Waals surface area (Å²) in [7, 11) is 0. The van der Waals surface area contributed by atoms with E-state index < -0.39 is 0 Å². The van der Waals surface area contributed by atoms with E-state index in [4.69, 9.17) is 27.9 Å². The number of pyridine rings is 1. The van der Waals surface area contributed by atoms with Crippen molar-refractivity contribution in [2.45, 2.75) is 20.0 Å². The highest BCUT2D eigenvalue weighted by Gasteiger charge is 2.14. The SMILES string of the molecule is CCNc1nc(OC(C)c2ccccc2)c(Cl)cc1Cl. The van der Waals surface area contributed by atoms with Gasteiger partial charge in [0.05, 0.1) is 5.02 Å². The second-order valence-electron chi connectivity index (χ2n) is 4.31. The Morgan fingerprint density at radius 2 is 1.90 bits per heavy atom. The molecule has 0 saturated heterocycles. The predicted octanol–water partition coefficient (Wildman–Crippen LogP) is 4.96. The summed E-state index contributed by atoms with van der Waals surface area (Å²) >= 11 is 12.2. The molecule has 1 aromatic heterocycles. The number of aromatic nitrogens is 1. The molecule has 5 heteroatoms. The summed E-state index contributed by atoms with van der Waals surface area (Å²) in [5.41, 5.74) is 1.06. The Kier molecular flexibility index (Phi) is 5.10. The molecule has 20 heavy (non-hydrogen) atoms. The standard InChI is InChI=1S/C15H16Cl2N2O/c1-3-18-14-12(16)9-13(17)15(19-14)20-10(2)11-7-5-4-6-8-11/h4-10H,3H2,1-2H3,(H,18,19). The Labute approximate surface area is 128 Å². The average Bonchev–Trinajstić information content (AvgIpc) is 2.45. The summed E-state index contributed by atoms with van der Waals surface area (Å²) in [5, 5.41) is 3.96. The summed E-state index contributed by atoms with van der Waals surface area (Å²) in [6.45, 7) is 4.65. The van der Waals surface area contributed by atoms with Gasteiger partial charge in [0.15, 0.2) is 0 Å². The van der Waals surface area contributed by atoms with Gasteiger partial charge in [-0.2, -0.15) is 4.98 Å². The largest absolute Gasteiger partial charge is 0.469 e. The molecule has 1 aromatic carbocycles. The van der Waals surface area contributed by atoms with Crippen molar-refractivity contribution >= 4 is 29.0 Å². The summed E-state index contributed by atoms with van der Waals surface area (Å²) in [6, 6.07) is 11.5. The van der Waals surface area contributed by atoms with Crippen molar-refractivity contribution < 1.29 is 4.74 Å². The molecule has 2 rings (SSSR count). The molecule has 0 saturated carbocycles. The van der Waals surface area contributed by atoms with Gasteiger partial charge < -0.3 is 10.1 Å². The highest BCUT2D eigenvalue weighted by Crippen LogP contribution is 2.33. The third kappa shape index (κ3) is 3.56. The highest BCUT2D eigenvalue weighted by molar-refractivity contribution is 6.36. The van der Waals surface area contributed by atoms with Crippen molar-refractivity contribution in [2.75, 3.05) is 11.9 Å². The first-order valence-corrected chi connectivity index (χ1v) is 7.19. The van der Waals surface area contributed by atoms with Crippen LogP contribution < -0.4 is 10.1 Å². The molecule has 0 bridgehead atoms. The molecular weight excluding hydrogens is 295 g/mol. The third-order valence-corrected chi connectivity index (χ3v) is 3.36. The van der Waals surface area contributed by atoms with E-state index in [1.165, 1.54) is 0 Å². The Hall–Kier alpha value is -1.45. The molecule has 3 nitrogen and oxygen atoms in total. The fraction of sp³-hybridized carbons (Fsp3) is 0.267. The molecule has 1 heterocycles. The lowest BCUT2D eigenvalue weighted by atomic mass is 10.1. The van der Waals surface area contributed by atoms with Crippen molar-refractivity contribution in [3.63, 3.8) is 0 Å². The monoisotopic (exact) mass is 310 g/mol. The number of hydrogen-bond donors (Lipinski definition) is 1. The summed E-state index contributed by atoms with van der Waals surface area (Å²) in [6.07, 6.45) is -0.142. The summed E-state index contributed by atoms with van der Waals surface area (Å²) in [5.74, 6) is 0.956. The van der Waals surface area contributed by atoms with Gasteiger partial charge in [0.1, 0.15) is 16.9 Å². The van der Waals surface area contributed by atoms with Crippen LogP contribution in [0.3, 0.4) is 0 Å². The van der Waals surface area contributed by atoms with E-state index in [2.05, 4.69) is 10.3 Å². The van der Waals surface area contributed by atoms with E-state index in [9.17, 15) is 0 Å². The number of rotatable bonds is 5. The molecule has 0 aliphatic heterocycles. The van der Waals surface area contributed by atoms with Crippen LogP contribution in [0.4, 0.5) is 5.82 Å². The van der Waals surface area contributed by atoms with E-state index in [0.717, 1.165) is 12.1 Å². The fourth-order valence-corrected chi connectivity index (χ4v) is 2.25. The molecule has 0 amide bonds. The maximum Gasteiger partial charge on any atom is 0.235 e. The maximum atomic E-state index is 6.13. The summed E-state index contributed by atoms with van der Waals surface area (Å²) < 4.78 is 5.83. The average molecular weight is 311 g/mol. The number of nitrogens with one attached hydrogen (secondary N) is 1. The molecule has 0 spiro atoms. The summed E-state index contributed by atoms with van der Waals surface area (Å²) in [4.78, 5) is 4.33. The second-order valence-corrected chi connectivity index (χ2v) is 5.12. The van der Waals surface area contributed by atoms with E-state index in [0.29, 0.717) is 21.7 Å². The minimum Gasteiger partial charge on any atom is -0.469 e. The Morgan fingerprint density at radius 3 is 2.55 bits per heavy atom. The molecule has 1 atom stereocenters. The smallest absolute Gasteiger partial charge is 0.235 e. The lowest BCUT2D eigenvalue weighted by Crippen LogP contribution is -2.07. The third-order valence-electron chi connectivity index (χ3n) is 2.80. The van der Waals surface area contributed by atoms with Crippen LogP contribution >= 0.6 is 23.2 Å². The predicted molar refractivity (Wildman–Crippen MR) is 83.9 cm³/mol. The van der Waals surface area contributed by atoms with Crippen LogP contribution in [0.15, 0.2) is 36.4 Å². The molecule has 0 radical (unpaired) electrons. The van der Waals surface area contributed by atoms with Gasteiger partial charge in [0.2, 0.25) is 5.88 Å². The topological polar surface area (TPSA) is 34.2 Å². The first-order chi connectivity index (χ1) is 9.61. The number of ether oxygens (including phenoxy) is 1. The molecule has 0 aliphatic carbocycles. The van der Waals surface area contributed by atoms with Gasteiger partial charge in [-0.3, -0.25) is 0 Å². The highest BCUT2D eigenvalue weighted by atomic mass is 35.5. The minimum absolute atomic E-state index is 0.142. The van der Waals surface area contributed by atoms with E-state index in [1.807, 2.05) is 44.2 Å². The van der Waals surface area contributed by atoms with E-state index in [1.54, 1.807) is 6.07 Å². The van der Waals surface area contributed by atoms with E-state index in [-0.39, 0.29) is 6.10 Å². The second kappa shape index (κ2) is 6.82. The van der Waals surface area contributed by atoms with E-state index >= 15 is 0 Å². The molecule has 0 fully saturated rings. The van der Waals surface area contributed by atoms with Crippen LogP contribution in [0.25, 0.3) is 0 Å². The van der Waals surface area contributed by atoms with Crippen LogP contribution in [0.1, 0.15) is 25.5 Å².